The van der Waals surface area contributed by atoms with Crippen LogP contribution in [0, 0.1) is 0 Å². The van der Waals surface area contributed by atoms with Crippen molar-refractivity contribution in [1.82, 2.24) is 10.3 Å². The molecule has 0 saturated carbocycles. The van der Waals surface area contributed by atoms with Gasteiger partial charge in [0.15, 0.2) is 0 Å². The summed E-state index contributed by atoms with van der Waals surface area (Å²) in [7, 11) is 0. The average Bonchev–Trinajstić information content (AvgIpc) is 2.51. The molecule has 1 aliphatic rings. The normalized spacial score (nSPS) is 18.6. The van der Waals surface area contributed by atoms with Gasteiger partial charge >= 0.3 is 0 Å². The Bertz CT molecular complexity index is 656. The molecular weight excluding hydrogens is 290 g/mol. The molecule has 0 spiro atoms. The van der Waals surface area contributed by atoms with Crippen molar-refractivity contribution < 1.29 is 9.53 Å². The first-order chi connectivity index (χ1) is 10.2. The fourth-order valence-electron chi connectivity index (χ4n) is 2.40. The maximum atomic E-state index is 12.1. The molecule has 2 N–H and O–H groups in total. The van der Waals surface area contributed by atoms with Crippen LogP contribution in [0.3, 0.4) is 0 Å². The van der Waals surface area contributed by atoms with E-state index >= 15 is 0 Å². The summed E-state index contributed by atoms with van der Waals surface area (Å²) in [5.74, 6) is -0.0852. The number of morpholine rings is 1. The predicted octanol–water partition coefficient (Wildman–Crippen LogP) is 2.21. The number of fused-ring (bicyclic) bond motifs is 1. The van der Waals surface area contributed by atoms with E-state index < -0.39 is 0 Å². The van der Waals surface area contributed by atoms with Crippen LogP contribution < -0.4 is 10.6 Å². The maximum Gasteiger partial charge on any atom is 0.227 e. The van der Waals surface area contributed by atoms with Gasteiger partial charge in [0.05, 0.1) is 35.4 Å². The van der Waals surface area contributed by atoms with Gasteiger partial charge in [-0.05, 0) is 24.3 Å². The number of amides is 1. The number of carbonyl (C=O) groups is 1. The van der Waals surface area contributed by atoms with Gasteiger partial charge in [0.1, 0.15) is 0 Å². The lowest BCUT2D eigenvalue weighted by atomic mass is 10.1. The Labute approximate surface area is 127 Å². The van der Waals surface area contributed by atoms with E-state index in [4.69, 9.17) is 16.3 Å². The van der Waals surface area contributed by atoms with Gasteiger partial charge < -0.3 is 15.4 Å². The number of nitrogens with one attached hydrogen (secondary N) is 2. The van der Waals surface area contributed by atoms with Crippen molar-refractivity contribution in [3.63, 3.8) is 0 Å². The second kappa shape index (κ2) is 6.39. The van der Waals surface area contributed by atoms with Crippen LogP contribution in [-0.2, 0) is 9.53 Å². The van der Waals surface area contributed by atoms with Gasteiger partial charge in [-0.1, -0.05) is 11.6 Å². The second-order valence-electron chi connectivity index (χ2n) is 4.94. The minimum atomic E-state index is -0.0852. The Kier molecular flexibility index (Phi) is 4.34. The first-order valence-corrected chi connectivity index (χ1v) is 7.27. The minimum absolute atomic E-state index is 0.0785. The monoisotopic (exact) mass is 305 g/mol. The van der Waals surface area contributed by atoms with Crippen molar-refractivity contribution in [3.05, 3.63) is 35.5 Å². The topological polar surface area (TPSA) is 63.2 Å². The van der Waals surface area contributed by atoms with Gasteiger partial charge in [0.25, 0.3) is 0 Å². The molecule has 2 aromatic rings. The van der Waals surface area contributed by atoms with E-state index in [-0.39, 0.29) is 12.0 Å². The standard InChI is InChI=1S/C15H16ClN3O2/c16-12-3-4-13(15-11(12)2-1-5-18-15)19-14(20)8-10-9-17-6-7-21-10/h1-5,10,17H,6-9H2,(H,19,20). The summed E-state index contributed by atoms with van der Waals surface area (Å²) < 4.78 is 5.53. The molecule has 6 heteroatoms. The van der Waals surface area contributed by atoms with Crippen molar-refractivity contribution in [2.45, 2.75) is 12.5 Å². The van der Waals surface area contributed by atoms with Crippen LogP contribution in [0.4, 0.5) is 5.69 Å². The van der Waals surface area contributed by atoms with Crippen molar-refractivity contribution in [2.75, 3.05) is 25.0 Å². The predicted molar refractivity (Wildman–Crippen MR) is 82.6 cm³/mol. The third-order valence-corrected chi connectivity index (χ3v) is 3.74. The molecule has 1 aliphatic heterocycles. The first kappa shape index (κ1) is 14.3. The van der Waals surface area contributed by atoms with Crippen molar-refractivity contribution in [1.29, 1.82) is 0 Å². The number of rotatable bonds is 3. The summed E-state index contributed by atoms with van der Waals surface area (Å²) in [6.45, 7) is 2.18. The summed E-state index contributed by atoms with van der Waals surface area (Å²) in [6.07, 6.45) is 1.93. The fourth-order valence-corrected chi connectivity index (χ4v) is 2.61. The van der Waals surface area contributed by atoms with Crippen molar-refractivity contribution >= 4 is 34.1 Å². The summed E-state index contributed by atoms with van der Waals surface area (Å²) in [5, 5.41) is 7.55. The molecule has 3 rings (SSSR count). The van der Waals surface area contributed by atoms with E-state index in [2.05, 4.69) is 15.6 Å². The number of carbonyl (C=O) groups excluding carboxylic acids is 1. The van der Waals surface area contributed by atoms with E-state index in [1.165, 1.54) is 0 Å². The molecular formula is C15H16ClN3O2. The highest BCUT2D eigenvalue weighted by molar-refractivity contribution is 6.35. The molecule has 1 unspecified atom stereocenters. The number of hydrogen-bond donors (Lipinski definition) is 2. The van der Waals surface area contributed by atoms with Gasteiger partial charge in [0.2, 0.25) is 5.91 Å². The first-order valence-electron chi connectivity index (χ1n) is 6.89. The van der Waals surface area contributed by atoms with E-state index in [0.717, 1.165) is 11.9 Å². The number of halogens is 1. The van der Waals surface area contributed by atoms with Crippen LogP contribution in [-0.4, -0.2) is 36.7 Å². The van der Waals surface area contributed by atoms with Crippen LogP contribution in [0.1, 0.15) is 6.42 Å². The summed E-state index contributed by atoms with van der Waals surface area (Å²) in [4.78, 5) is 16.4. The van der Waals surface area contributed by atoms with E-state index in [1.54, 1.807) is 18.3 Å². The molecule has 1 amide bonds. The Morgan fingerprint density at radius 2 is 2.38 bits per heavy atom. The lowest BCUT2D eigenvalue weighted by Gasteiger charge is -2.23. The number of benzene rings is 1. The fraction of sp³-hybridized carbons (Fsp3) is 0.333. The third kappa shape index (κ3) is 3.32. The number of nitrogens with zero attached hydrogens (tertiary/aromatic N) is 1. The number of anilines is 1. The molecule has 21 heavy (non-hydrogen) atoms. The largest absolute Gasteiger partial charge is 0.375 e. The zero-order valence-corrected chi connectivity index (χ0v) is 12.2. The Balaban J connectivity index is 1.75. The van der Waals surface area contributed by atoms with Crippen molar-refractivity contribution in [3.8, 4) is 0 Å². The van der Waals surface area contributed by atoms with Crippen LogP contribution in [0.15, 0.2) is 30.5 Å². The summed E-state index contributed by atoms with van der Waals surface area (Å²) in [6, 6.07) is 7.24. The highest BCUT2D eigenvalue weighted by Gasteiger charge is 2.18. The Morgan fingerprint density at radius 3 is 3.19 bits per heavy atom. The molecule has 2 heterocycles. The highest BCUT2D eigenvalue weighted by Crippen LogP contribution is 2.28. The summed E-state index contributed by atoms with van der Waals surface area (Å²) in [5.41, 5.74) is 1.37. The number of hydrogen-bond acceptors (Lipinski definition) is 4. The van der Waals surface area contributed by atoms with Crippen LogP contribution in [0.2, 0.25) is 5.02 Å². The van der Waals surface area contributed by atoms with Crippen LogP contribution in [0.5, 0.6) is 0 Å². The van der Waals surface area contributed by atoms with Crippen LogP contribution in [0.25, 0.3) is 10.9 Å². The minimum Gasteiger partial charge on any atom is -0.375 e. The van der Waals surface area contributed by atoms with Crippen LogP contribution >= 0.6 is 11.6 Å². The number of aromatic nitrogens is 1. The van der Waals surface area contributed by atoms with Gasteiger partial charge in [-0.2, -0.15) is 0 Å². The highest BCUT2D eigenvalue weighted by atomic mass is 35.5. The zero-order chi connectivity index (χ0) is 14.7. The molecule has 1 saturated heterocycles. The number of pyridine rings is 1. The average molecular weight is 306 g/mol. The molecule has 0 aliphatic carbocycles. The number of ether oxygens (including phenoxy) is 1. The van der Waals surface area contributed by atoms with Gasteiger partial charge in [-0.3, -0.25) is 9.78 Å². The molecule has 1 atom stereocenters. The van der Waals surface area contributed by atoms with E-state index in [0.29, 0.717) is 35.8 Å². The Hall–Kier alpha value is -1.69. The molecule has 0 radical (unpaired) electrons. The SMILES string of the molecule is O=C(CC1CNCCO1)Nc1ccc(Cl)c2cccnc12. The van der Waals surface area contributed by atoms with Gasteiger partial charge in [0, 0.05) is 24.7 Å². The molecule has 1 fully saturated rings. The smallest absolute Gasteiger partial charge is 0.227 e. The van der Waals surface area contributed by atoms with Gasteiger partial charge in [-0.15, -0.1) is 0 Å². The van der Waals surface area contributed by atoms with E-state index in [1.807, 2.05) is 12.1 Å². The molecule has 1 aromatic heterocycles. The Morgan fingerprint density at radius 1 is 1.48 bits per heavy atom. The second-order valence-corrected chi connectivity index (χ2v) is 5.35. The molecule has 5 nitrogen and oxygen atoms in total. The van der Waals surface area contributed by atoms with E-state index in [9.17, 15) is 4.79 Å². The molecule has 110 valence electrons. The maximum absolute atomic E-state index is 12.1. The lowest BCUT2D eigenvalue weighted by molar-refractivity contribution is -0.119. The van der Waals surface area contributed by atoms with Gasteiger partial charge in [-0.25, -0.2) is 0 Å². The zero-order valence-electron chi connectivity index (χ0n) is 11.4. The molecule has 1 aromatic carbocycles. The summed E-state index contributed by atoms with van der Waals surface area (Å²) >= 11 is 6.14. The quantitative estimate of drug-likeness (QED) is 0.912. The lowest BCUT2D eigenvalue weighted by Crippen LogP contribution is -2.40. The molecule has 0 bridgehead atoms. The van der Waals surface area contributed by atoms with Crippen molar-refractivity contribution in [2.24, 2.45) is 0 Å². The third-order valence-electron chi connectivity index (χ3n) is 3.41.